The molecular formula is C16H22ClN3O5. The van der Waals surface area contributed by atoms with Crippen molar-refractivity contribution >= 4 is 24.0 Å². The maximum atomic E-state index is 12.4. The second-order valence-corrected chi connectivity index (χ2v) is 5.21. The summed E-state index contributed by atoms with van der Waals surface area (Å²) < 4.78 is 10.5. The van der Waals surface area contributed by atoms with Crippen molar-refractivity contribution in [1.29, 1.82) is 0 Å². The quantitative estimate of drug-likeness (QED) is 0.432. The number of hydrogen-bond acceptors (Lipinski definition) is 6. The molecule has 1 aromatic carbocycles. The Bertz CT molecular complexity index is 663. The Labute approximate surface area is 152 Å². The number of hydrogen-bond donors (Lipinski definition) is 2. The summed E-state index contributed by atoms with van der Waals surface area (Å²) in [7, 11) is 1.39. The van der Waals surface area contributed by atoms with Crippen molar-refractivity contribution in [2.75, 3.05) is 33.4 Å². The van der Waals surface area contributed by atoms with Gasteiger partial charge in [-0.2, -0.15) is 0 Å². The van der Waals surface area contributed by atoms with Crippen LogP contribution in [-0.2, 0) is 0 Å². The number of nitrogens with one attached hydrogen (secondary N) is 2. The summed E-state index contributed by atoms with van der Waals surface area (Å²) in [5.74, 6) is 0.0164. The fraction of sp³-hybridized carbons (Fsp3) is 0.438. The van der Waals surface area contributed by atoms with Crippen LogP contribution in [0, 0.1) is 10.1 Å². The summed E-state index contributed by atoms with van der Waals surface area (Å²) in [4.78, 5) is 23.1. The lowest BCUT2D eigenvalue weighted by Crippen LogP contribution is -2.30. The van der Waals surface area contributed by atoms with E-state index in [1.54, 1.807) is 6.92 Å². The van der Waals surface area contributed by atoms with Crippen LogP contribution in [0.5, 0.6) is 11.5 Å². The fourth-order valence-corrected chi connectivity index (χ4v) is 2.43. The second kappa shape index (κ2) is 9.85. The molecule has 2 N–H and O–H groups in total. The van der Waals surface area contributed by atoms with Gasteiger partial charge in [-0.05, 0) is 19.9 Å². The van der Waals surface area contributed by atoms with Gasteiger partial charge < -0.3 is 20.1 Å². The molecule has 1 aliphatic heterocycles. The molecule has 1 aromatic rings. The van der Waals surface area contributed by atoms with E-state index in [1.807, 2.05) is 6.08 Å². The van der Waals surface area contributed by atoms with Gasteiger partial charge in [-0.1, -0.05) is 11.6 Å². The van der Waals surface area contributed by atoms with E-state index in [2.05, 4.69) is 10.6 Å². The number of amides is 1. The molecule has 2 rings (SSSR count). The number of rotatable bonds is 7. The lowest BCUT2D eigenvalue weighted by Gasteiger charge is -2.15. The third-order valence-corrected chi connectivity index (χ3v) is 3.66. The van der Waals surface area contributed by atoms with E-state index in [0.717, 1.165) is 25.1 Å². The first-order chi connectivity index (χ1) is 11.6. The maximum Gasteiger partial charge on any atom is 0.286 e. The number of methoxy groups -OCH3 is 1. The second-order valence-electron chi connectivity index (χ2n) is 5.21. The number of carbonyl (C=O) groups is 1. The summed E-state index contributed by atoms with van der Waals surface area (Å²) >= 11 is 0. The molecule has 0 unspecified atom stereocenters. The fourth-order valence-electron chi connectivity index (χ4n) is 2.43. The predicted molar refractivity (Wildman–Crippen MR) is 96.0 cm³/mol. The molecule has 1 aliphatic rings. The number of carbonyl (C=O) groups excluding carboxylic acids is 1. The van der Waals surface area contributed by atoms with E-state index in [1.165, 1.54) is 19.2 Å². The molecule has 1 amide bonds. The third-order valence-electron chi connectivity index (χ3n) is 3.66. The highest BCUT2D eigenvalue weighted by Crippen LogP contribution is 2.34. The first kappa shape index (κ1) is 20.7. The number of nitro benzene ring substituents is 1. The molecule has 138 valence electrons. The molecular weight excluding hydrogens is 350 g/mol. The zero-order chi connectivity index (χ0) is 17.5. The molecule has 0 saturated carbocycles. The lowest BCUT2D eigenvalue weighted by molar-refractivity contribution is -0.385. The van der Waals surface area contributed by atoms with Gasteiger partial charge in [0, 0.05) is 19.2 Å². The maximum absolute atomic E-state index is 12.4. The van der Waals surface area contributed by atoms with Crippen molar-refractivity contribution in [3.05, 3.63) is 39.5 Å². The average Bonchev–Trinajstić information content (AvgIpc) is 2.60. The molecule has 0 spiro atoms. The van der Waals surface area contributed by atoms with Crippen molar-refractivity contribution in [2.24, 2.45) is 0 Å². The van der Waals surface area contributed by atoms with Gasteiger partial charge >= 0.3 is 0 Å². The van der Waals surface area contributed by atoms with Gasteiger partial charge in [0.1, 0.15) is 5.56 Å². The van der Waals surface area contributed by atoms with Crippen LogP contribution in [-0.4, -0.2) is 44.2 Å². The van der Waals surface area contributed by atoms with E-state index in [-0.39, 0.29) is 29.4 Å². The Morgan fingerprint density at radius 2 is 2.16 bits per heavy atom. The summed E-state index contributed by atoms with van der Waals surface area (Å²) in [6, 6.07) is 2.57. The largest absolute Gasteiger partial charge is 0.493 e. The topological polar surface area (TPSA) is 103 Å². The van der Waals surface area contributed by atoms with Gasteiger partial charge in [0.2, 0.25) is 0 Å². The van der Waals surface area contributed by atoms with Crippen LogP contribution in [0.3, 0.4) is 0 Å². The Morgan fingerprint density at radius 3 is 2.72 bits per heavy atom. The minimum atomic E-state index is -0.600. The van der Waals surface area contributed by atoms with Crippen molar-refractivity contribution in [3.63, 3.8) is 0 Å². The van der Waals surface area contributed by atoms with Gasteiger partial charge in [-0.25, -0.2) is 0 Å². The molecule has 8 nitrogen and oxygen atoms in total. The van der Waals surface area contributed by atoms with Crippen LogP contribution in [0.4, 0.5) is 5.69 Å². The first-order valence-corrected chi connectivity index (χ1v) is 7.72. The molecule has 0 aromatic heterocycles. The minimum absolute atomic E-state index is 0. The van der Waals surface area contributed by atoms with Crippen molar-refractivity contribution in [2.45, 2.75) is 13.3 Å². The molecule has 1 heterocycles. The Hall–Kier alpha value is -2.32. The smallest absolute Gasteiger partial charge is 0.286 e. The number of halogens is 1. The van der Waals surface area contributed by atoms with E-state index in [0.29, 0.717) is 18.9 Å². The summed E-state index contributed by atoms with van der Waals surface area (Å²) in [6.07, 6.45) is 2.85. The average molecular weight is 372 g/mol. The Morgan fingerprint density at radius 1 is 1.40 bits per heavy atom. The highest BCUT2D eigenvalue weighted by atomic mass is 35.5. The monoisotopic (exact) mass is 371 g/mol. The van der Waals surface area contributed by atoms with Crippen molar-refractivity contribution < 1.29 is 19.2 Å². The number of nitro groups is 1. The van der Waals surface area contributed by atoms with E-state index in [4.69, 9.17) is 9.47 Å². The van der Waals surface area contributed by atoms with Crippen LogP contribution in [0.25, 0.3) is 0 Å². The van der Waals surface area contributed by atoms with Gasteiger partial charge in [-0.15, -0.1) is 12.4 Å². The molecule has 0 fully saturated rings. The molecule has 25 heavy (non-hydrogen) atoms. The van der Waals surface area contributed by atoms with Gasteiger partial charge in [0.05, 0.1) is 24.7 Å². The van der Waals surface area contributed by atoms with Crippen LogP contribution in [0.1, 0.15) is 23.7 Å². The van der Waals surface area contributed by atoms with Gasteiger partial charge in [0.15, 0.2) is 11.5 Å². The number of ether oxygens (including phenoxy) is 2. The van der Waals surface area contributed by atoms with Crippen LogP contribution >= 0.6 is 12.4 Å². The first-order valence-electron chi connectivity index (χ1n) is 7.72. The minimum Gasteiger partial charge on any atom is -0.493 e. The zero-order valence-electron chi connectivity index (χ0n) is 14.2. The van der Waals surface area contributed by atoms with Crippen molar-refractivity contribution in [3.8, 4) is 11.5 Å². The lowest BCUT2D eigenvalue weighted by atomic mass is 10.1. The standard InChI is InChI=1S/C16H21N3O5.ClH/c1-3-24-15-8-12(13(19(21)22)9-14(15)23-2)16(20)18-10-11-4-6-17-7-5-11;/h4,8-9,17H,3,5-7,10H2,1-2H3,(H,18,20);1H. The van der Waals surface area contributed by atoms with E-state index in [9.17, 15) is 14.9 Å². The van der Waals surface area contributed by atoms with Crippen LogP contribution in [0.2, 0.25) is 0 Å². The van der Waals surface area contributed by atoms with Gasteiger partial charge in [0.25, 0.3) is 11.6 Å². The van der Waals surface area contributed by atoms with Crippen LogP contribution in [0.15, 0.2) is 23.8 Å². The van der Waals surface area contributed by atoms with E-state index >= 15 is 0 Å². The predicted octanol–water partition coefficient (Wildman–Crippen LogP) is 2.07. The molecule has 0 atom stereocenters. The highest BCUT2D eigenvalue weighted by Gasteiger charge is 2.24. The Kier molecular flexibility index (Phi) is 8.17. The molecule has 0 saturated heterocycles. The summed E-state index contributed by atoms with van der Waals surface area (Å²) in [6.45, 7) is 4.13. The summed E-state index contributed by atoms with van der Waals surface area (Å²) in [5.41, 5.74) is 0.745. The number of nitrogens with zero attached hydrogens (tertiary/aromatic N) is 1. The summed E-state index contributed by atoms with van der Waals surface area (Å²) in [5, 5.41) is 17.2. The SMILES string of the molecule is CCOc1cc(C(=O)NCC2=CCNCC2)c([N+](=O)[O-])cc1OC.Cl. The molecule has 0 bridgehead atoms. The zero-order valence-corrected chi connectivity index (χ0v) is 15.0. The molecule has 0 aliphatic carbocycles. The Balaban J connectivity index is 0.00000312. The van der Waals surface area contributed by atoms with Crippen LogP contribution < -0.4 is 20.1 Å². The molecule has 0 radical (unpaired) electrons. The van der Waals surface area contributed by atoms with Crippen molar-refractivity contribution in [1.82, 2.24) is 10.6 Å². The highest BCUT2D eigenvalue weighted by molar-refractivity contribution is 5.99. The number of benzene rings is 1. The molecule has 9 heteroatoms. The normalized spacial score (nSPS) is 13.3. The third kappa shape index (κ3) is 5.33. The van der Waals surface area contributed by atoms with E-state index < -0.39 is 10.8 Å². The van der Waals surface area contributed by atoms with Gasteiger partial charge in [-0.3, -0.25) is 14.9 Å².